The maximum Gasteiger partial charge on any atom is 0.268 e. The second-order valence-corrected chi connectivity index (χ2v) is 2.41. The van der Waals surface area contributed by atoms with E-state index in [-0.39, 0.29) is 5.91 Å². The summed E-state index contributed by atoms with van der Waals surface area (Å²) in [5, 5.41) is 10.9. The quantitative estimate of drug-likeness (QED) is 0.672. The number of carbonyl (C=O) groups excluding carboxylic acids is 1. The molecule has 0 aliphatic heterocycles. The number of H-pyrrole nitrogens is 1. The van der Waals surface area contributed by atoms with Crippen LogP contribution in [0.3, 0.4) is 0 Å². The van der Waals surface area contributed by atoms with Crippen LogP contribution in [0.2, 0.25) is 0 Å². The average molecular weight is 163 g/mol. The molecule has 4 heteroatoms. The van der Waals surface area contributed by atoms with Crippen LogP contribution in [0, 0.1) is 11.3 Å². The van der Waals surface area contributed by atoms with Crippen LogP contribution in [-0.4, -0.2) is 16.9 Å². The summed E-state index contributed by atoms with van der Waals surface area (Å²) in [5.41, 5.74) is 0.470. The predicted octanol–water partition coefficient (Wildman–Crippen LogP) is 0.657. The maximum atomic E-state index is 11.2. The number of nitriles is 1. The van der Waals surface area contributed by atoms with E-state index in [1.165, 1.54) is 0 Å². The highest BCUT2D eigenvalue weighted by atomic mass is 16.1. The number of amides is 1. The molecule has 0 bridgehead atoms. The third kappa shape index (κ3) is 1.86. The van der Waals surface area contributed by atoms with Crippen molar-refractivity contribution in [3.8, 4) is 6.07 Å². The largest absolute Gasteiger partial charge is 0.357 e. The van der Waals surface area contributed by atoms with Crippen LogP contribution >= 0.6 is 0 Å². The van der Waals surface area contributed by atoms with Crippen molar-refractivity contribution in [2.45, 2.75) is 13.0 Å². The summed E-state index contributed by atoms with van der Waals surface area (Å²) >= 11 is 0. The van der Waals surface area contributed by atoms with Crippen LogP contribution in [0.25, 0.3) is 0 Å². The molecule has 1 aromatic heterocycles. The van der Waals surface area contributed by atoms with Gasteiger partial charge in [-0.3, -0.25) is 4.79 Å². The molecule has 1 rings (SSSR count). The van der Waals surface area contributed by atoms with E-state index >= 15 is 0 Å². The number of rotatable bonds is 2. The molecule has 2 N–H and O–H groups in total. The van der Waals surface area contributed by atoms with Crippen LogP contribution in [0.15, 0.2) is 18.3 Å². The summed E-state index contributed by atoms with van der Waals surface area (Å²) in [6, 6.07) is 4.83. The fraction of sp³-hybridized carbons (Fsp3) is 0.250. The second kappa shape index (κ2) is 3.58. The molecule has 12 heavy (non-hydrogen) atoms. The normalized spacial score (nSPS) is 11.7. The first-order chi connectivity index (χ1) is 5.74. The lowest BCUT2D eigenvalue weighted by atomic mass is 10.3. The summed E-state index contributed by atoms with van der Waals surface area (Å²) < 4.78 is 0. The van der Waals surface area contributed by atoms with Crippen molar-refractivity contribution in [1.29, 1.82) is 5.26 Å². The Hall–Kier alpha value is -1.76. The minimum atomic E-state index is -0.458. The average Bonchev–Trinajstić information content (AvgIpc) is 2.56. The Balaban J connectivity index is 2.57. The van der Waals surface area contributed by atoms with Crippen LogP contribution < -0.4 is 5.32 Å². The third-order valence-corrected chi connectivity index (χ3v) is 1.38. The first-order valence-corrected chi connectivity index (χ1v) is 3.58. The van der Waals surface area contributed by atoms with Gasteiger partial charge in [0.05, 0.1) is 6.07 Å². The molecule has 0 spiro atoms. The molecule has 1 aromatic rings. The van der Waals surface area contributed by atoms with E-state index in [1.54, 1.807) is 25.3 Å². The van der Waals surface area contributed by atoms with Crippen molar-refractivity contribution in [3.05, 3.63) is 24.0 Å². The van der Waals surface area contributed by atoms with E-state index < -0.39 is 6.04 Å². The Labute approximate surface area is 70.2 Å². The van der Waals surface area contributed by atoms with Gasteiger partial charge >= 0.3 is 0 Å². The SMILES string of the molecule is CC(C#N)NC(=O)c1ccc[nH]1. The van der Waals surface area contributed by atoms with Crippen molar-refractivity contribution >= 4 is 5.91 Å². The van der Waals surface area contributed by atoms with E-state index in [4.69, 9.17) is 5.26 Å². The van der Waals surface area contributed by atoms with Gasteiger partial charge in [-0.2, -0.15) is 5.26 Å². The summed E-state index contributed by atoms with van der Waals surface area (Å²) in [7, 11) is 0. The molecule has 4 nitrogen and oxygen atoms in total. The van der Waals surface area contributed by atoms with Crippen molar-refractivity contribution in [2.24, 2.45) is 0 Å². The van der Waals surface area contributed by atoms with Gasteiger partial charge in [0.1, 0.15) is 11.7 Å². The van der Waals surface area contributed by atoms with Crippen LogP contribution in [0.4, 0.5) is 0 Å². The fourth-order valence-electron chi connectivity index (χ4n) is 0.778. The molecule has 0 aromatic carbocycles. The molecular weight excluding hydrogens is 154 g/mol. The zero-order valence-electron chi connectivity index (χ0n) is 6.66. The topological polar surface area (TPSA) is 68.7 Å². The number of carbonyl (C=O) groups is 1. The van der Waals surface area contributed by atoms with Crippen molar-refractivity contribution < 1.29 is 4.79 Å². The standard InChI is InChI=1S/C8H9N3O/c1-6(5-9)11-8(12)7-3-2-4-10-7/h2-4,6,10H,1H3,(H,11,12). The Morgan fingerprint density at radius 2 is 2.58 bits per heavy atom. The second-order valence-electron chi connectivity index (χ2n) is 2.41. The van der Waals surface area contributed by atoms with E-state index in [0.29, 0.717) is 5.69 Å². The molecule has 62 valence electrons. The summed E-state index contributed by atoms with van der Waals surface area (Å²) in [5.74, 6) is -0.256. The molecule has 0 aliphatic rings. The third-order valence-electron chi connectivity index (χ3n) is 1.38. The van der Waals surface area contributed by atoms with Gasteiger partial charge in [0.25, 0.3) is 5.91 Å². The maximum absolute atomic E-state index is 11.2. The highest BCUT2D eigenvalue weighted by Crippen LogP contribution is 1.94. The lowest BCUT2D eigenvalue weighted by molar-refractivity contribution is 0.0943. The molecular formula is C8H9N3O. The van der Waals surface area contributed by atoms with Gasteiger partial charge in [0, 0.05) is 6.20 Å². The van der Waals surface area contributed by atoms with Gasteiger partial charge in [-0.25, -0.2) is 0 Å². The molecule has 1 atom stereocenters. The number of nitrogens with one attached hydrogen (secondary N) is 2. The van der Waals surface area contributed by atoms with Gasteiger partial charge < -0.3 is 10.3 Å². The number of aromatic nitrogens is 1. The molecule has 0 aliphatic carbocycles. The Morgan fingerprint density at radius 1 is 1.83 bits per heavy atom. The smallest absolute Gasteiger partial charge is 0.268 e. The predicted molar refractivity (Wildman–Crippen MR) is 43.3 cm³/mol. The van der Waals surface area contributed by atoms with Gasteiger partial charge in [0.15, 0.2) is 0 Å². The number of hydrogen-bond acceptors (Lipinski definition) is 2. The molecule has 1 heterocycles. The summed E-state index contributed by atoms with van der Waals surface area (Å²) in [6.45, 7) is 1.63. The highest BCUT2D eigenvalue weighted by Gasteiger charge is 2.08. The van der Waals surface area contributed by atoms with Crippen molar-refractivity contribution in [3.63, 3.8) is 0 Å². The Kier molecular flexibility index (Phi) is 2.49. The molecule has 1 unspecified atom stereocenters. The molecule has 0 saturated heterocycles. The Morgan fingerprint density at radius 3 is 3.08 bits per heavy atom. The summed E-state index contributed by atoms with van der Waals surface area (Å²) in [4.78, 5) is 13.9. The van der Waals surface area contributed by atoms with E-state index in [1.807, 2.05) is 6.07 Å². The van der Waals surface area contributed by atoms with Gasteiger partial charge in [-0.15, -0.1) is 0 Å². The van der Waals surface area contributed by atoms with Gasteiger partial charge in [-0.1, -0.05) is 0 Å². The van der Waals surface area contributed by atoms with E-state index in [2.05, 4.69) is 10.3 Å². The lowest BCUT2D eigenvalue weighted by Crippen LogP contribution is -2.31. The van der Waals surface area contributed by atoms with Gasteiger partial charge in [-0.05, 0) is 19.1 Å². The van der Waals surface area contributed by atoms with Crippen molar-refractivity contribution in [1.82, 2.24) is 10.3 Å². The Bertz CT molecular complexity index is 297. The monoisotopic (exact) mass is 163 g/mol. The minimum absolute atomic E-state index is 0.256. The molecule has 0 radical (unpaired) electrons. The zero-order valence-corrected chi connectivity index (χ0v) is 6.66. The van der Waals surface area contributed by atoms with Gasteiger partial charge in [0.2, 0.25) is 0 Å². The fourth-order valence-corrected chi connectivity index (χ4v) is 0.778. The zero-order chi connectivity index (χ0) is 8.97. The van der Waals surface area contributed by atoms with Crippen LogP contribution in [-0.2, 0) is 0 Å². The van der Waals surface area contributed by atoms with E-state index in [9.17, 15) is 4.79 Å². The first kappa shape index (κ1) is 8.34. The minimum Gasteiger partial charge on any atom is -0.357 e. The lowest BCUT2D eigenvalue weighted by Gasteiger charge is -2.03. The van der Waals surface area contributed by atoms with Crippen molar-refractivity contribution in [2.75, 3.05) is 0 Å². The summed E-state index contributed by atoms with van der Waals surface area (Å²) in [6.07, 6.45) is 1.66. The highest BCUT2D eigenvalue weighted by molar-refractivity contribution is 5.92. The first-order valence-electron chi connectivity index (χ1n) is 3.58. The molecule has 0 fully saturated rings. The van der Waals surface area contributed by atoms with E-state index in [0.717, 1.165) is 0 Å². The van der Waals surface area contributed by atoms with Crippen LogP contribution in [0.1, 0.15) is 17.4 Å². The van der Waals surface area contributed by atoms with Crippen LogP contribution in [0.5, 0.6) is 0 Å². The molecule has 0 saturated carbocycles. The number of nitrogens with zero attached hydrogens (tertiary/aromatic N) is 1. The number of hydrogen-bond donors (Lipinski definition) is 2. The molecule has 1 amide bonds. The number of aromatic amines is 1.